The van der Waals surface area contributed by atoms with E-state index in [2.05, 4.69) is 15.1 Å². The number of hydrogen-bond acceptors (Lipinski definition) is 7. The van der Waals surface area contributed by atoms with Crippen molar-refractivity contribution >= 4 is 11.7 Å². The van der Waals surface area contributed by atoms with E-state index in [0.29, 0.717) is 11.5 Å². The zero-order chi connectivity index (χ0) is 18.5. The fourth-order valence-corrected chi connectivity index (χ4v) is 2.59. The number of carbonyl (C=O) groups is 1. The highest BCUT2D eigenvalue weighted by Crippen LogP contribution is 2.17. The van der Waals surface area contributed by atoms with Gasteiger partial charge in [-0.2, -0.15) is 10.1 Å². The summed E-state index contributed by atoms with van der Waals surface area (Å²) in [5.41, 5.74) is 2.37. The molecule has 0 aliphatic carbocycles. The van der Waals surface area contributed by atoms with Crippen LogP contribution in [0.3, 0.4) is 0 Å². The van der Waals surface area contributed by atoms with Gasteiger partial charge in [0.1, 0.15) is 31.0 Å². The summed E-state index contributed by atoms with van der Waals surface area (Å²) in [6.45, 7) is 4.17. The molecule has 136 valence electrons. The van der Waals surface area contributed by atoms with Gasteiger partial charge in [0.2, 0.25) is 0 Å². The van der Waals surface area contributed by atoms with E-state index in [1.165, 1.54) is 6.33 Å². The monoisotopic (exact) mass is 356 g/mol. The molecule has 0 saturated heterocycles. The van der Waals surface area contributed by atoms with E-state index in [1.54, 1.807) is 35.9 Å². The molecule has 2 heterocycles. The molecule has 0 radical (unpaired) electrons. The lowest BCUT2D eigenvalue weighted by molar-refractivity contribution is -0.143. The predicted molar refractivity (Wildman–Crippen MR) is 93.4 cm³/mol. The molecule has 0 unspecified atom stereocenters. The van der Waals surface area contributed by atoms with E-state index in [1.807, 2.05) is 13.8 Å². The average Bonchev–Trinajstić information content (AvgIpc) is 3.11. The first-order valence-electron chi connectivity index (χ1n) is 8.17. The fourth-order valence-electron chi connectivity index (χ4n) is 2.59. The second-order valence-electron chi connectivity index (χ2n) is 5.65. The Kier molecular flexibility index (Phi) is 5.31. The first-order valence-corrected chi connectivity index (χ1v) is 8.17. The standard InChI is InChI=1S/C18H20N4O4/c1-12-16(13(2)22-18(21-12)19-11-20-22)10-17(23)26-9-8-25-15-6-4-14(24-3)5-7-15/h4-7,11H,8-10H2,1-3H3. The van der Waals surface area contributed by atoms with Crippen molar-refractivity contribution in [2.75, 3.05) is 20.3 Å². The van der Waals surface area contributed by atoms with E-state index in [9.17, 15) is 4.79 Å². The summed E-state index contributed by atoms with van der Waals surface area (Å²) < 4.78 is 17.5. The van der Waals surface area contributed by atoms with E-state index in [0.717, 1.165) is 22.7 Å². The Balaban J connectivity index is 1.51. The highest BCUT2D eigenvalue weighted by molar-refractivity contribution is 5.73. The highest BCUT2D eigenvalue weighted by Gasteiger charge is 2.15. The molecule has 8 nitrogen and oxygen atoms in total. The normalized spacial score (nSPS) is 10.7. The van der Waals surface area contributed by atoms with Gasteiger partial charge in [-0.25, -0.2) is 9.50 Å². The molecule has 0 aliphatic heterocycles. The number of methoxy groups -OCH3 is 1. The third kappa shape index (κ3) is 3.90. The Labute approximate surface area is 150 Å². The Morgan fingerprint density at radius 1 is 1.12 bits per heavy atom. The lowest BCUT2D eigenvalue weighted by atomic mass is 10.1. The lowest BCUT2D eigenvalue weighted by Crippen LogP contribution is -2.16. The van der Waals surface area contributed by atoms with Gasteiger partial charge in [0.05, 0.1) is 13.5 Å². The van der Waals surface area contributed by atoms with Crippen LogP contribution in [-0.4, -0.2) is 45.9 Å². The number of rotatable bonds is 7. The number of carbonyl (C=O) groups excluding carboxylic acids is 1. The summed E-state index contributed by atoms with van der Waals surface area (Å²) in [6.07, 6.45) is 1.57. The quantitative estimate of drug-likeness (QED) is 0.472. The minimum Gasteiger partial charge on any atom is -0.497 e. The lowest BCUT2D eigenvalue weighted by Gasteiger charge is -2.11. The molecular formula is C18H20N4O4. The summed E-state index contributed by atoms with van der Waals surface area (Å²) in [5.74, 6) is 1.63. The van der Waals surface area contributed by atoms with Crippen LogP contribution in [-0.2, 0) is 16.0 Å². The minimum atomic E-state index is -0.337. The average molecular weight is 356 g/mol. The van der Waals surface area contributed by atoms with Crippen LogP contribution in [0.5, 0.6) is 11.5 Å². The van der Waals surface area contributed by atoms with Gasteiger partial charge in [0.15, 0.2) is 0 Å². The molecule has 0 amide bonds. The van der Waals surface area contributed by atoms with E-state index in [-0.39, 0.29) is 25.6 Å². The zero-order valence-electron chi connectivity index (χ0n) is 14.9. The van der Waals surface area contributed by atoms with Gasteiger partial charge in [0.25, 0.3) is 5.78 Å². The smallest absolute Gasteiger partial charge is 0.310 e. The molecule has 26 heavy (non-hydrogen) atoms. The maximum Gasteiger partial charge on any atom is 0.310 e. The summed E-state index contributed by atoms with van der Waals surface area (Å²) in [5, 5.41) is 4.11. The van der Waals surface area contributed by atoms with E-state index < -0.39 is 0 Å². The van der Waals surface area contributed by atoms with Crippen LogP contribution >= 0.6 is 0 Å². The summed E-state index contributed by atoms with van der Waals surface area (Å²) in [4.78, 5) is 20.5. The third-order valence-electron chi connectivity index (χ3n) is 3.98. The van der Waals surface area contributed by atoms with Crippen LogP contribution < -0.4 is 9.47 Å². The molecule has 0 bridgehead atoms. The third-order valence-corrected chi connectivity index (χ3v) is 3.98. The topological polar surface area (TPSA) is 87.8 Å². The molecule has 3 rings (SSSR count). The summed E-state index contributed by atoms with van der Waals surface area (Å²) in [7, 11) is 1.61. The molecular weight excluding hydrogens is 336 g/mol. The molecule has 0 spiro atoms. The fraction of sp³-hybridized carbons (Fsp3) is 0.333. The molecule has 1 aromatic carbocycles. The predicted octanol–water partition coefficient (Wildman–Crippen LogP) is 1.91. The van der Waals surface area contributed by atoms with Crippen LogP contribution in [0.25, 0.3) is 5.78 Å². The van der Waals surface area contributed by atoms with Crippen LogP contribution in [0, 0.1) is 13.8 Å². The molecule has 0 fully saturated rings. The second kappa shape index (κ2) is 7.81. The number of aromatic nitrogens is 4. The van der Waals surface area contributed by atoms with Crippen LogP contribution in [0.1, 0.15) is 17.0 Å². The molecule has 8 heteroatoms. The number of hydrogen-bond donors (Lipinski definition) is 0. The van der Waals surface area contributed by atoms with Crippen LogP contribution in [0.4, 0.5) is 0 Å². The van der Waals surface area contributed by atoms with Gasteiger partial charge in [-0.1, -0.05) is 0 Å². The molecule has 3 aromatic rings. The first-order chi connectivity index (χ1) is 12.6. The van der Waals surface area contributed by atoms with Gasteiger partial charge in [-0.05, 0) is 38.1 Å². The van der Waals surface area contributed by atoms with Gasteiger partial charge in [-0.15, -0.1) is 0 Å². The van der Waals surface area contributed by atoms with Crippen molar-refractivity contribution < 1.29 is 19.0 Å². The Hall–Kier alpha value is -3.16. The molecule has 0 N–H and O–H groups in total. The van der Waals surface area contributed by atoms with Gasteiger partial charge >= 0.3 is 5.97 Å². The van der Waals surface area contributed by atoms with Crippen molar-refractivity contribution in [2.24, 2.45) is 0 Å². The van der Waals surface area contributed by atoms with Gasteiger partial charge < -0.3 is 14.2 Å². The van der Waals surface area contributed by atoms with Crippen molar-refractivity contribution in [1.29, 1.82) is 0 Å². The second-order valence-corrected chi connectivity index (χ2v) is 5.65. The molecule has 0 aliphatic rings. The number of esters is 1. The molecule has 2 aromatic heterocycles. The van der Waals surface area contributed by atoms with Crippen molar-refractivity contribution in [1.82, 2.24) is 19.6 Å². The number of aryl methyl sites for hydroxylation is 2. The van der Waals surface area contributed by atoms with Crippen LogP contribution in [0.2, 0.25) is 0 Å². The van der Waals surface area contributed by atoms with E-state index >= 15 is 0 Å². The first kappa shape index (κ1) is 17.7. The summed E-state index contributed by atoms with van der Waals surface area (Å²) >= 11 is 0. The SMILES string of the molecule is COc1ccc(OCCOC(=O)Cc2c(C)nc3ncnn3c2C)cc1. The number of benzene rings is 1. The summed E-state index contributed by atoms with van der Waals surface area (Å²) in [6, 6.07) is 7.21. The maximum atomic E-state index is 12.1. The van der Waals surface area contributed by atoms with Gasteiger partial charge in [-0.3, -0.25) is 4.79 Å². The maximum absolute atomic E-state index is 12.1. The minimum absolute atomic E-state index is 0.128. The van der Waals surface area contributed by atoms with Crippen molar-refractivity contribution in [3.05, 3.63) is 47.5 Å². The van der Waals surface area contributed by atoms with Gasteiger partial charge in [0, 0.05) is 17.0 Å². The molecule has 0 atom stereocenters. The van der Waals surface area contributed by atoms with E-state index in [4.69, 9.17) is 14.2 Å². The Bertz CT molecular complexity index is 905. The van der Waals surface area contributed by atoms with Crippen molar-refractivity contribution in [3.8, 4) is 11.5 Å². The Morgan fingerprint density at radius 2 is 1.85 bits per heavy atom. The van der Waals surface area contributed by atoms with Crippen molar-refractivity contribution in [3.63, 3.8) is 0 Å². The highest BCUT2D eigenvalue weighted by atomic mass is 16.6. The largest absolute Gasteiger partial charge is 0.497 e. The number of nitrogens with zero attached hydrogens (tertiary/aromatic N) is 4. The van der Waals surface area contributed by atoms with Crippen LogP contribution in [0.15, 0.2) is 30.6 Å². The van der Waals surface area contributed by atoms with Crippen molar-refractivity contribution in [2.45, 2.75) is 20.3 Å². The number of fused-ring (bicyclic) bond motifs is 1. The number of ether oxygens (including phenoxy) is 3. The Morgan fingerprint density at radius 3 is 2.58 bits per heavy atom. The molecule has 0 saturated carbocycles. The zero-order valence-corrected chi connectivity index (χ0v) is 14.9.